The predicted molar refractivity (Wildman–Crippen MR) is 143 cm³/mol. The highest BCUT2D eigenvalue weighted by atomic mass is 19.4. The molecule has 2 heterocycles. The SMILES string of the molecule is COC(=O)[C@@]1(C)CCC2(CCN(C(=O)N(C)C(C)c3cc(C(F)(F)F)cc(C(F)(F)F)c3)[C@@H](c3ccc(F)cc3C)C2)N1. The van der Waals surface area contributed by atoms with Gasteiger partial charge >= 0.3 is 24.4 Å². The summed E-state index contributed by atoms with van der Waals surface area (Å²) in [6, 6.07) is 3.04. The van der Waals surface area contributed by atoms with E-state index in [1.165, 1.54) is 38.1 Å². The number of nitrogens with one attached hydrogen (secondary N) is 1. The molecular formula is C30H34F7N3O3. The third kappa shape index (κ3) is 6.46. The zero-order valence-electron chi connectivity index (χ0n) is 24.4. The van der Waals surface area contributed by atoms with Gasteiger partial charge < -0.3 is 14.5 Å². The molecular weight excluding hydrogens is 583 g/mol. The zero-order chi connectivity index (χ0) is 32.1. The molecule has 1 N–H and O–H groups in total. The minimum absolute atomic E-state index is 0.0478. The fraction of sp³-hybridized carbons (Fsp3) is 0.533. The molecule has 1 spiro atoms. The number of urea groups is 1. The van der Waals surface area contributed by atoms with E-state index in [4.69, 9.17) is 4.74 Å². The molecule has 2 aromatic rings. The molecule has 0 bridgehead atoms. The van der Waals surface area contributed by atoms with Crippen LogP contribution in [0.15, 0.2) is 36.4 Å². The summed E-state index contributed by atoms with van der Waals surface area (Å²) in [5, 5.41) is 3.43. The van der Waals surface area contributed by atoms with Crippen LogP contribution in [-0.4, -0.2) is 53.6 Å². The Kier molecular flexibility index (Phi) is 8.55. The van der Waals surface area contributed by atoms with Crippen LogP contribution in [0, 0.1) is 12.7 Å². The molecule has 2 fully saturated rings. The molecule has 0 radical (unpaired) electrons. The van der Waals surface area contributed by atoms with E-state index in [2.05, 4.69) is 5.32 Å². The van der Waals surface area contributed by atoms with Gasteiger partial charge in [-0.05, 0) is 93.5 Å². The first-order chi connectivity index (χ1) is 19.8. The van der Waals surface area contributed by atoms with E-state index in [-0.39, 0.29) is 18.2 Å². The predicted octanol–water partition coefficient (Wildman–Crippen LogP) is 7.18. The number of hydrogen-bond acceptors (Lipinski definition) is 4. The lowest BCUT2D eigenvalue weighted by molar-refractivity contribution is -0.148. The average Bonchev–Trinajstić information content (AvgIpc) is 3.26. The molecule has 6 nitrogen and oxygen atoms in total. The Bertz CT molecular complexity index is 1360. The van der Waals surface area contributed by atoms with E-state index >= 15 is 0 Å². The van der Waals surface area contributed by atoms with Crippen molar-refractivity contribution in [1.82, 2.24) is 15.1 Å². The van der Waals surface area contributed by atoms with Gasteiger partial charge in [-0.25, -0.2) is 9.18 Å². The fourth-order valence-corrected chi connectivity index (χ4v) is 6.32. The number of nitrogens with zero attached hydrogens (tertiary/aromatic N) is 2. The molecule has 2 aliphatic heterocycles. The largest absolute Gasteiger partial charge is 0.468 e. The molecule has 4 atom stereocenters. The molecule has 236 valence electrons. The van der Waals surface area contributed by atoms with E-state index in [9.17, 15) is 40.3 Å². The van der Waals surface area contributed by atoms with E-state index in [1.807, 2.05) is 0 Å². The van der Waals surface area contributed by atoms with Crippen LogP contribution in [0.1, 0.15) is 79.4 Å². The molecule has 2 aliphatic rings. The lowest BCUT2D eigenvalue weighted by Gasteiger charge is -2.48. The van der Waals surface area contributed by atoms with Crippen LogP contribution in [0.3, 0.4) is 0 Å². The summed E-state index contributed by atoms with van der Waals surface area (Å²) in [6.07, 6.45) is -8.23. The molecule has 2 unspecified atom stereocenters. The summed E-state index contributed by atoms with van der Waals surface area (Å²) in [5.74, 6) is -0.900. The molecule has 2 saturated heterocycles. The van der Waals surface area contributed by atoms with Crippen LogP contribution >= 0.6 is 0 Å². The van der Waals surface area contributed by atoms with Crippen LogP contribution < -0.4 is 5.32 Å². The number of alkyl halides is 6. The number of carbonyl (C=O) groups is 2. The summed E-state index contributed by atoms with van der Waals surface area (Å²) >= 11 is 0. The van der Waals surface area contributed by atoms with Crippen molar-refractivity contribution < 1.29 is 45.1 Å². The summed E-state index contributed by atoms with van der Waals surface area (Å²) in [4.78, 5) is 29.1. The Balaban J connectivity index is 1.69. The number of likely N-dealkylation sites (tertiary alicyclic amines) is 1. The van der Waals surface area contributed by atoms with E-state index in [0.29, 0.717) is 48.9 Å². The number of amides is 2. The zero-order valence-corrected chi connectivity index (χ0v) is 24.4. The third-order valence-corrected chi connectivity index (χ3v) is 8.88. The monoisotopic (exact) mass is 617 g/mol. The molecule has 4 rings (SSSR count). The molecule has 2 amide bonds. The van der Waals surface area contributed by atoms with E-state index in [0.717, 1.165) is 4.90 Å². The van der Waals surface area contributed by atoms with Gasteiger partial charge in [0.2, 0.25) is 0 Å². The van der Waals surface area contributed by atoms with Crippen molar-refractivity contribution >= 4 is 12.0 Å². The first-order valence-corrected chi connectivity index (χ1v) is 13.8. The maximum Gasteiger partial charge on any atom is 0.416 e. The second-order valence-electron chi connectivity index (χ2n) is 11.8. The number of esters is 1. The number of ether oxygens (including phenoxy) is 1. The highest BCUT2D eigenvalue weighted by Crippen LogP contribution is 2.46. The highest BCUT2D eigenvalue weighted by Gasteiger charge is 2.53. The van der Waals surface area contributed by atoms with Crippen molar-refractivity contribution in [1.29, 1.82) is 0 Å². The fourth-order valence-electron chi connectivity index (χ4n) is 6.32. The highest BCUT2D eigenvalue weighted by molar-refractivity contribution is 5.81. The van der Waals surface area contributed by atoms with Gasteiger partial charge in [0.15, 0.2) is 0 Å². The maximum atomic E-state index is 14.0. The van der Waals surface area contributed by atoms with Gasteiger partial charge in [0.05, 0.1) is 30.3 Å². The van der Waals surface area contributed by atoms with Crippen molar-refractivity contribution in [3.05, 3.63) is 70.0 Å². The molecule has 13 heteroatoms. The quantitative estimate of drug-likeness (QED) is 0.292. The number of halogens is 7. The summed E-state index contributed by atoms with van der Waals surface area (Å²) in [7, 11) is 2.62. The number of rotatable bonds is 4. The standard InChI is InChI=1S/C30H34F7N3O3/c1-17-12-22(31)6-7-23(17)24-16-28(9-8-27(3,38-28)25(41)43-5)10-11-40(24)26(42)39(4)18(2)19-13-20(29(32,33)34)15-21(14-19)30(35,36)37/h6-7,12-15,18,24,38H,8-11,16H2,1-5H3/t18?,24-,27-,28?/m1/s1. The lowest BCUT2D eigenvalue weighted by Crippen LogP contribution is -2.59. The normalized spacial score (nSPS) is 25.1. The molecule has 0 aliphatic carbocycles. The minimum Gasteiger partial charge on any atom is -0.468 e. The number of methoxy groups -OCH3 is 1. The Labute approximate surface area is 245 Å². The van der Waals surface area contributed by atoms with Crippen LogP contribution in [-0.2, 0) is 21.9 Å². The summed E-state index contributed by atoms with van der Waals surface area (Å²) < 4.78 is 100. The number of hydrogen-bond donors (Lipinski definition) is 1. The van der Waals surface area contributed by atoms with Gasteiger partial charge in [0.1, 0.15) is 11.4 Å². The van der Waals surface area contributed by atoms with Crippen LogP contribution in [0.4, 0.5) is 35.5 Å². The van der Waals surface area contributed by atoms with Crippen molar-refractivity contribution in [3.63, 3.8) is 0 Å². The van der Waals surface area contributed by atoms with Crippen LogP contribution in [0.5, 0.6) is 0 Å². The van der Waals surface area contributed by atoms with Crippen molar-refractivity contribution in [2.45, 2.75) is 82.0 Å². The number of carbonyl (C=O) groups excluding carboxylic acids is 2. The number of aryl methyl sites for hydroxylation is 1. The molecule has 0 saturated carbocycles. The van der Waals surface area contributed by atoms with Crippen LogP contribution in [0.25, 0.3) is 0 Å². The van der Waals surface area contributed by atoms with Crippen molar-refractivity contribution in [3.8, 4) is 0 Å². The second-order valence-corrected chi connectivity index (χ2v) is 11.8. The Hall–Kier alpha value is -3.35. The smallest absolute Gasteiger partial charge is 0.416 e. The van der Waals surface area contributed by atoms with Gasteiger partial charge in [0.25, 0.3) is 0 Å². The first-order valence-electron chi connectivity index (χ1n) is 13.8. The second kappa shape index (κ2) is 11.3. The Morgan fingerprint density at radius 2 is 1.63 bits per heavy atom. The Morgan fingerprint density at radius 3 is 2.16 bits per heavy atom. The molecule has 2 aromatic carbocycles. The number of piperidine rings is 1. The topological polar surface area (TPSA) is 61.9 Å². The lowest BCUT2D eigenvalue weighted by atomic mass is 9.79. The average molecular weight is 618 g/mol. The third-order valence-electron chi connectivity index (χ3n) is 8.88. The van der Waals surface area contributed by atoms with Gasteiger partial charge in [-0.3, -0.25) is 10.1 Å². The summed E-state index contributed by atoms with van der Waals surface area (Å²) in [5.41, 5.74) is -3.57. The van der Waals surface area contributed by atoms with E-state index < -0.39 is 64.5 Å². The number of benzene rings is 2. The minimum atomic E-state index is -5.03. The van der Waals surface area contributed by atoms with Gasteiger partial charge in [-0.2, -0.15) is 26.3 Å². The van der Waals surface area contributed by atoms with Crippen molar-refractivity contribution in [2.24, 2.45) is 0 Å². The molecule has 43 heavy (non-hydrogen) atoms. The summed E-state index contributed by atoms with van der Waals surface area (Å²) in [6.45, 7) is 4.95. The maximum absolute atomic E-state index is 14.0. The molecule has 0 aromatic heterocycles. The Morgan fingerprint density at radius 1 is 1.02 bits per heavy atom. The van der Waals surface area contributed by atoms with Crippen LogP contribution in [0.2, 0.25) is 0 Å². The van der Waals surface area contributed by atoms with Crippen molar-refractivity contribution in [2.75, 3.05) is 20.7 Å². The van der Waals surface area contributed by atoms with E-state index in [1.54, 1.807) is 19.9 Å². The van der Waals surface area contributed by atoms with Gasteiger partial charge in [-0.1, -0.05) is 6.07 Å². The van der Waals surface area contributed by atoms with Gasteiger partial charge in [0, 0.05) is 19.1 Å². The van der Waals surface area contributed by atoms with Gasteiger partial charge in [-0.15, -0.1) is 0 Å². The first kappa shape index (κ1) is 32.6.